The molecular formula is C20H20Cl2N6O2. The molecule has 0 saturated carbocycles. The summed E-state index contributed by atoms with van der Waals surface area (Å²) >= 11 is 11.9. The van der Waals surface area contributed by atoms with Crippen LogP contribution in [-0.2, 0) is 6.42 Å². The molecule has 1 fully saturated rings. The minimum atomic E-state index is -0.166. The van der Waals surface area contributed by atoms with Crippen LogP contribution in [0.25, 0.3) is 11.4 Å². The number of nitrogens with zero attached hydrogens (tertiary/aromatic N) is 5. The van der Waals surface area contributed by atoms with Crippen LogP contribution in [0, 0.1) is 0 Å². The van der Waals surface area contributed by atoms with Gasteiger partial charge in [-0.25, -0.2) is 9.78 Å². The first-order valence-corrected chi connectivity index (χ1v) is 10.3. The molecule has 0 radical (unpaired) electrons. The van der Waals surface area contributed by atoms with E-state index in [-0.39, 0.29) is 6.03 Å². The molecule has 8 nitrogen and oxygen atoms in total. The van der Waals surface area contributed by atoms with E-state index in [9.17, 15) is 4.79 Å². The molecule has 30 heavy (non-hydrogen) atoms. The monoisotopic (exact) mass is 446 g/mol. The Morgan fingerprint density at radius 3 is 2.57 bits per heavy atom. The summed E-state index contributed by atoms with van der Waals surface area (Å²) in [4.78, 5) is 25.3. The van der Waals surface area contributed by atoms with Crippen molar-refractivity contribution in [2.45, 2.75) is 13.3 Å². The Morgan fingerprint density at radius 2 is 1.93 bits per heavy atom. The number of rotatable bonds is 4. The lowest BCUT2D eigenvalue weighted by Gasteiger charge is -2.35. The first kappa shape index (κ1) is 20.4. The first-order valence-electron chi connectivity index (χ1n) is 9.58. The number of piperazine rings is 1. The molecule has 1 aromatic carbocycles. The minimum absolute atomic E-state index is 0.166. The summed E-state index contributed by atoms with van der Waals surface area (Å²) in [5, 5.41) is 7.67. The lowest BCUT2D eigenvalue weighted by Crippen LogP contribution is -2.50. The molecule has 0 unspecified atom stereocenters. The van der Waals surface area contributed by atoms with Gasteiger partial charge in [-0.1, -0.05) is 35.3 Å². The Kier molecular flexibility index (Phi) is 6.06. The van der Waals surface area contributed by atoms with Gasteiger partial charge in [-0.2, -0.15) is 4.98 Å². The molecule has 1 aliphatic rings. The van der Waals surface area contributed by atoms with Crippen LogP contribution in [-0.4, -0.2) is 52.2 Å². The second kappa shape index (κ2) is 8.89. The average molecular weight is 447 g/mol. The summed E-state index contributed by atoms with van der Waals surface area (Å²) in [5.41, 5.74) is 1.42. The van der Waals surface area contributed by atoms with Crippen LogP contribution < -0.4 is 10.2 Å². The van der Waals surface area contributed by atoms with Crippen molar-refractivity contribution in [3.63, 3.8) is 0 Å². The number of urea groups is 1. The fraction of sp³-hybridized carbons (Fsp3) is 0.300. The Bertz CT molecular complexity index is 1030. The highest BCUT2D eigenvalue weighted by molar-refractivity contribution is 6.42. The molecule has 3 heterocycles. The third-order valence-corrected chi connectivity index (χ3v) is 5.58. The number of carbonyl (C=O) groups excluding carboxylic acids is 1. The van der Waals surface area contributed by atoms with Crippen LogP contribution >= 0.6 is 23.2 Å². The number of hydrogen-bond donors (Lipinski definition) is 1. The Morgan fingerprint density at radius 1 is 1.13 bits per heavy atom. The molecule has 1 saturated heterocycles. The van der Waals surface area contributed by atoms with Crippen molar-refractivity contribution < 1.29 is 9.32 Å². The third kappa shape index (κ3) is 4.49. The maximum Gasteiger partial charge on any atom is 0.321 e. The topological polar surface area (TPSA) is 87.4 Å². The normalized spacial score (nSPS) is 14.1. The van der Waals surface area contributed by atoms with Crippen LogP contribution in [0.2, 0.25) is 10.0 Å². The fourth-order valence-corrected chi connectivity index (χ4v) is 3.43. The standard InChI is InChI=1S/C20H20Cl2N6O2/c1-2-18-25-19(26-30-18)13-3-6-17(23-12-13)27-7-9-28(10-8-27)20(29)24-14-4-5-15(21)16(22)11-14/h3-6,11-12H,2,7-10H2,1H3,(H,24,29). The zero-order valence-corrected chi connectivity index (χ0v) is 17.8. The number of anilines is 2. The fourth-order valence-electron chi connectivity index (χ4n) is 3.14. The first-order chi connectivity index (χ1) is 14.5. The predicted octanol–water partition coefficient (Wildman–Crippen LogP) is 4.35. The van der Waals surface area contributed by atoms with E-state index >= 15 is 0 Å². The second-order valence-electron chi connectivity index (χ2n) is 6.80. The number of halogens is 2. The number of carbonyl (C=O) groups is 1. The van der Waals surface area contributed by atoms with Crippen LogP contribution in [0.4, 0.5) is 16.3 Å². The highest BCUT2D eigenvalue weighted by Crippen LogP contribution is 2.25. The van der Waals surface area contributed by atoms with Crippen LogP contribution in [0.5, 0.6) is 0 Å². The predicted molar refractivity (Wildman–Crippen MR) is 116 cm³/mol. The van der Waals surface area contributed by atoms with E-state index in [1.807, 2.05) is 19.1 Å². The van der Waals surface area contributed by atoms with Gasteiger partial charge in [0.1, 0.15) is 5.82 Å². The van der Waals surface area contributed by atoms with Crippen LogP contribution in [0.1, 0.15) is 12.8 Å². The second-order valence-corrected chi connectivity index (χ2v) is 7.62. The highest BCUT2D eigenvalue weighted by atomic mass is 35.5. The van der Waals surface area contributed by atoms with Crippen LogP contribution in [0.15, 0.2) is 41.1 Å². The maximum atomic E-state index is 12.5. The van der Waals surface area contributed by atoms with Crippen molar-refractivity contribution in [1.29, 1.82) is 0 Å². The largest absolute Gasteiger partial charge is 0.353 e. The lowest BCUT2D eigenvalue weighted by molar-refractivity contribution is 0.208. The van der Waals surface area contributed by atoms with Crippen molar-refractivity contribution >= 4 is 40.7 Å². The van der Waals surface area contributed by atoms with E-state index in [1.165, 1.54) is 0 Å². The summed E-state index contributed by atoms with van der Waals surface area (Å²) in [7, 11) is 0. The lowest BCUT2D eigenvalue weighted by atomic mass is 10.2. The average Bonchev–Trinajstić information content (AvgIpc) is 3.26. The Hall–Kier alpha value is -2.84. The molecule has 10 heteroatoms. The van der Waals surface area contributed by atoms with E-state index in [2.05, 4.69) is 25.3 Å². The zero-order valence-electron chi connectivity index (χ0n) is 16.3. The molecule has 0 atom stereocenters. The number of amides is 2. The number of aryl methyl sites for hydroxylation is 1. The van der Waals surface area contributed by atoms with E-state index in [4.69, 9.17) is 27.7 Å². The van der Waals surface area contributed by atoms with Crippen molar-refractivity contribution in [2.24, 2.45) is 0 Å². The van der Waals surface area contributed by atoms with Gasteiger partial charge >= 0.3 is 6.03 Å². The van der Waals surface area contributed by atoms with Crippen molar-refractivity contribution in [2.75, 3.05) is 36.4 Å². The molecule has 2 aromatic heterocycles. The van der Waals surface area contributed by atoms with Gasteiger partial charge < -0.3 is 19.6 Å². The molecule has 1 aliphatic heterocycles. The minimum Gasteiger partial charge on any atom is -0.353 e. The summed E-state index contributed by atoms with van der Waals surface area (Å²) in [6.07, 6.45) is 2.43. The van der Waals surface area contributed by atoms with E-state index in [0.717, 1.165) is 11.4 Å². The van der Waals surface area contributed by atoms with Crippen molar-refractivity contribution in [3.05, 3.63) is 52.5 Å². The Labute approximate surface area is 183 Å². The summed E-state index contributed by atoms with van der Waals surface area (Å²) in [6, 6.07) is 8.71. The van der Waals surface area contributed by atoms with Gasteiger partial charge in [0.05, 0.1) is 10.0 Å². The molecule has 0 spiro atoms. The quantitative estimate of drug-likeness (QED) is 0.640. The smallest absolute Gasteiger partial charge is 0.321 e. The van der Waals surface area contributed by atoms with Crippen LogP contribution in [0.3, 0.4) is 0 Å². The van der Waals surface area contributed by atoms with Gasteiger partial charge in [0.25, 0.3) is 0 Å². The highest BCUT2D eigenvalue weighted by Gasteiger charge is 2.22. The molecule has 4 rings (SSSR count). The number of pyridine rings is 1. The molecular weight excluding hydrogens is 427 g/mol. The van der Waals surface area contributed by atoms with E-state index in [1.54, 1.807) is 29.3 Å². The van der Waals surface area contributed by atoms with Gasteiger partial charge in [0, 0.05) is 50.0 Å². The molecule has 0 bridgehead atoms. The molecule has 2 amide bonds. The number of hydrogen-bond acceptors (Lipinski definition) is 6. The van der Waals surface area contributed by atoms with E-state index < -0.39 is 0 Å². The SMILES string of the molecule is CCc1nc(-c2ccc(N3CCN(C(=O)Nc4ccc(Cl)c(Cl)c4)CC3)nc2)no1. The molecule has 3 aromatic rings. The van der Waals surface area contributed by atoms with Crippen molar-refractivity contribution in [3.8, 4) is 11.4 Å². The number of aromatic nitrogens is 3. The third-order valence-electron chi connectivity index (χ3n) is 4.84. The van der Waals surface area contributed by atoms with Gasteiger partial charge in [-0.15, -0.1) is 0 Å². The number of benzene rings is 1. The summed E-state index contributed by atoms with van der Waals surface area (Å²) in [6.45, 7) is 4.50. The van der Waals surface area contributed by atoms with Gasteiger partial charge in [-0.3, -0.25) is 0 Å². The van der Waals surface area contributed by atoms with Gasteiger partial charge in [0.2, 0.25) is 11.7 Å². The molecule has 1 N–H and O–H groups in total. The van der Waals surface area contributed by atoms with Crippen molar-refractivity contribution in [1.82, 2.24) is 20.0 Å². The summed E-state index contributed by atoms with van der Waals surface area (Å²) < 4.78 is 5.15. The summed E-state index contributed by atoms with van der Waals surface area (Å²) in [5.74, 6) is 1.99. The van der Waals surface area contributed by atoms with Gasteiger partial charge in [-0.05, 0) is 30.3 Å². The zero-order chi connectivity index (χ0) is 21.1. The maximum absolute atomic E-state index is 12.5. The number of nitrogens with one attached hydrogen (secondary N) is 1. The Balaban J connectivity index is 1.33. The van der Waals surface area contributed by atoms with Gasteiger partial charge in [0.15, 0.2) is 0 Å². The molecule has 0 aliphatic carbocycles. The van der Waals surface area contributed by atoms with E-state index in [0.29, 0.717) is 60.0 Å². The molecule has 156 valence electrons.